The average Bonchev–Trinajstić information content (AvgIpc) is 2.63. The first-order chi connectivity index (χ1) is 13.2. The summed E-state index contributed by atoms with van der Waals surface area (Å²) < 4.78 is 35.6. The molecule has 0 aromatic carbocycles. The van der Waals surface area contributed by atoms with E-state index in [-0.39, 0.29) is 19.8 Å². The molecule has 0 radical (unpaired) electrons. The van der Waals surface area contributed by atoms with Gasteiger partial charge in [-0.1, -0.05) is 64.7 Å². The van der Waals surface area contributed by atoms with Gasteiger partial charge in [-0.05, 0) is 6.42 Å². The summed E-state index contributed by atoms with van der Waals surface area (Å²) in [5.41, 5.74) is 0. The highest BCUT2D eigenvalue weighted by Crippen LogP contribution is 2.11. The summed E-state index contributed by atoms with van der Waals surface area (Å²) in [6, 6.07) is 0. The maximum atomic E-state index is 11.6. The van der Waals surface area contributed by atoms with Gasteiger partial charge in [0.25, 0.3) is 10.1 Å². The van der Waals surface area contributed by atoms with Crippen molar-refractivity contribution in [3.8, 4) is 0 Å². The molecule has 10 heteroatoms. The molecule has 1 atom stereocenters. The Labute approximate surface area is 167 Å². The van der Waals surface area contributed by atoms with Gasteiger partial charge in [0.2, 0.25) is 0 Å². The average molecular weight is 429 g/mol. The van der Waals surface area contributed by atoms with Crippen LogP contribution in [0.25, 0.3) is 0 Å². The lowest BCUT2D eigenvalue weighted by Gasteiger charge is -2.11. The van der Waals surface area contributed by atoms with E-state index in [1.54, 1.807) is 0 Å². The Kier molecular flexibility index (Phi) is 19.8. The normalized spacial score (nSPS) is 12.0. The molecule has 9 nitrogen and oxygen atoms in total. The molecule has 0 aromatic heterocycles. The summed E-state index contributed by atoms with van der Waals surface area (Å²) in [4.78, 5) is 22.1. The van der Waals surface area contributed by atoms with Crippen molar-refractivity contribution in [2.75, 3.05) is 19.8 Å². The Bertz CT molecular complexity index is 489. The Balaban J connectivity index is 0. The molecule has 168 valence electrons. The highest BCUT2D eigenvalue weighted by Gasteiger charge is 2.34. The van der Waals surface area contributed by atoms with Crippen molar-refractivity contribution < 1.29 is 42.6 Å². The van der Waals surface area contributed by atoms with Crippen LogP contribution < -0.4 is 0 Å². The third kappa shape index (κ3) is 19.5. The molecule has 28 heavy (non-hydrogen) atoms. The minimum absolute atomic E-state index is 0.0287. The summed E-state index contributed by atoms with van der Waals surface area (Å²) in [6.07, 6.45) is 10.1. The number of carbonyl (C=O) groups excluding carboxylic acids is 1. The first-order valence-corrected chi connectivity index (χ1v) is 11.3. The van der Waals surface area contributed by atoms with E-state index < -0.39 is 33.7 Å². The molecule has 0 aliphatic carbocycles. The molecular weight excluding hydrogens is 392 g/mol. The molecule has 0 aliphatic rings. The third-order valence-corrected chi connectivity index (χ3v) is 4.90. The van der Waals surface area contributed by atoms with Crippen molar-refractivity contribution in [2.24, 2.45) is 0 Å². The van der Waals surface area contributed by atoms with Gasteiger partial charge >= 0.3 is 11.9 Å². The standard InChI is InChI=1S/C16H30O7S.C2H6O2/c1-2-3-4-5-6-7-8-9-10-11-12-23-16(19)14(13-15(17)18)24(20,21)22;3-1-2-4/h14H,2-13H2,1H3,(H,17,18)(H,20,21,22);3-4H,1-2H2. The van der Waals surface area contributed by atoms with Crippen LogP contribution in [0.2, 0.25) is 0 Å². The SMILES string of the molecule is CCCCCCCCCCCCOC(=O)C(CC(=O)O)S(=O)(=O)O.OCCO. The highest BCUT2D eigenvalue weighted by molar-refractivity contribution is 7.87. The van der Waals surface area contributed by atoms with Crippen LogP contribution in [0.1, 0.15) is 77.6 Å². The fourth-order valence-corrected chi connectivity index (χ4v) is 2.99. The molecule has 1 unspecified atom stereocenters. The Morgan fingerprint density at radius 3 is 1.64 bits per heavy atom. The predicted molar refractivity (Wildman–Crippen MR) is 105 cm³/mol. The Morgan fingerprint density at radius 2 is 1.29 bits per heavy atom. The number of carbonyl (C=O) groups is 2. The lowest BCUT2D eigenvalue weighted by atomic mass is 10.1. The van der Waals surface area contributed by atoms with Gasteiger partial charge in [-0.15, -0.1) is 0 Å². The lowest BCUT2D eigenvalue weighted by Crippen LogP contribution is -2.34. The van der Waals surface area contributed by atoms with Gasteiger partial charge in [0, 0.05) is 0 Å². The van der Waals surface area contributed by atoms with Crippen LogP contribution in [0.3, 0.4) is 0 Å². The largest absolute Gasteiger partial charge is 0.481 e. The number of carboxylic acids is 1. The van der Waals surface area contributed by atoms with Crippen molar-refractivity contribution in [3.05, 3.63) is 0 Å². The molecule has 0 saturated heterocycles. The summed E-state index contributed by atoms with van der Waals surface area (Å²) >= 11 is 0. The molecule has 0 heterocycles. The van der Waals surface area contributed by atoms with Crippen LogP contribution in [-0.2, 0) is 24.4 Å². The van der Waals surface area contributed by atoms with Gasteiger partial charge in [0.05, 0.1) is 26.2 Å². The maximum absolute atomic E-state index is 11.6. The number of aliphatic hydroxyl groups is 2. The number of unbranched alkanes of at least 4 members (excludes halogenated alkanes) is 9. The molecule has 0 aromatic rings. The van der Waals surface area contributed by atoms with Crippen molar-refractivity contribution in [1.29, 1.82) is 0 Å². The number of esters is 1. The lowest BCUT2D eigenvalue weighted by molar-refractivity contribution is -0.147. The topological polar surface area (TPSA) is 158 Å². The zero-order valence-electron chi connectivity index (χ0n) is 16.7. The molecule has 4 N–H and O–H groups in total. The van der Waals surface area contributed by atoms with E-state index in [4.69, 9.17) is 24.6 Å². The van der Waals surface area contributed by atoms with Crippen LogP contribution >= 0.6 is 0 Å². The minimum Gasteiger partial charge on any atom is -0.481 e. The quantitative estimate of drug-likeness (QED) is 0.164. The van der Waals surface area contributed by atoms with Gasteiger partial charge in [-0.2, -0.15) is 8.42 Å². The zero-order valence-corrected chi connectivity index (χ0v) is 17.5. The van der Waals surface area contributed by atoms with Crippen LogP contribution in [-0.4, -0.2) is 65.3 Å². The van der Waals surface area contributed by atoms with Crippen LogP contribution in [0, 0.1) is 0 Å². The van der Waals surface area contributed by atoms with E-state index in [1.807, 2.05) is 0 Å². The monoisotopic (exact) mass is 428 g/mol. The first kappa shape index (κ1) is 29.0. The maximum Gasteiger partial charge on any atom is 0.327 e. The van der Waals surface area contributed by atoms with Crippen molar-refractivity contribution >= 4 is 22.1 Å². The second kappa shape index (κ2) is 19.1. The number of carboxylic acid groups (broad SMARTS) is 1. The van der Waals surface area contributed by atoms with Crippen molar-refractivity contribution in [1.82, 2.24) is 0 Å². The van der Waals surface area contributed by atoms with Crippen LogP contribution in [0.4, 0.5) is 0 Å². The smallest absolute Gasteiger partial charge is 0.327 e. The molecule has 0 rings (SSSR count). The number of rotatable bonds is 16. The van der Waals surface area contributed by atoms with Gasteiger partial charge in [-0.3, -0.25) is 14.1 Å². The number of hydrogen-bond donors (Lipinski definition) is 4. The number of ether oxygens (including phenoxy) is 1. The molecule has 0 spiro atoms. The van der Waals surface area contributed by atoms with E-state index in [1.165, 1.54) is 38.5 Å². The molecule has 0 fully saturated rings. The fraction of sp³-hybridized carbons (Fsp3) is 0.889. The van der Waals surface area contributed by atoms with Crippen molar-refractivity contribution in [3.63, 3.8) is 0 Å². The minimum atomic E-state index is -4.78. The number of aliphatic carboxylic acids is 1. The van der Waals surface area contributed by atoms with E-state index in [9.17, 15) is 18.0 Å². The Morgan fingerprint density at radius 1 is 0.857 bits per heavy atom. The second-order valence-corrected chi connectivity index (χ2v) is 8.00. The Hall–Kier alpha value is -1.23. The molecule has 0 amide bonds. The van der Waals surface area contributed by atoms with E-state index in [0.717, 1.165) is 19.3 Å². The van der Waals surface area contributed by atoms with Crippen LogP contribution in [0.5, 0.6) is 0 Å². The summed E-state index contributed by atoms with van der Waals surface area (Å²) in [5.74, 6) is -2.70. The van der Waals surface area contributed by atoms with Gasteiger partial charge < -0.3 is 20.1 Å². The highest BCUT2D eigenvalue weighted by atomic mass is 32.2. The van der Waals surface area contributed by atoms with Gasteiger partial charge in [0.1, 0.15) is 0 Å². The van der Waals surface area contributed by atoms with Gasteiger partial charge in [-0.25, -0.2) is 0 Å². The fourth-order valence-electron chi connectivity index (χ4n) is 2.32. The first-order valence-electron chi connectivity index (χ1n) is 9.77. The molecule has 0 saturated carbocycles. The van der Waals surface area contributed by atoms with Gasteiger partial charge in [0.15, 0.2) is 5.25 Å². The number of hydrogen-bond acceptors (Lipinski definition) is 7. The van der Waals surface area contributed by atoms with Crippen molar-refractivity contribution in [2.45, 2.75) is 82.8 Å². The second-order valence-electron chi connectivity index (χ2n) is 6.40. The van der Waals surface area contributed by atoms with E-state index in [2.05, 4.69) is 6.92 Å². The predicted octanol–water partition coefficient (Wildman–Crippen LogP) is 2.15. The summed E-state index contributed by atoms with van der Waals surface area (Å²) in [5, 5.41) is 21.8. The van der Waals surface area contributed by atoms with E-state index in [0.29, 0.717) is 6.42 Å². The van der Waals surface area contributed by atoms with Crippen LogP contribution in [0.15, 0.2) is 0 Å². The third-order valence-electron chi connectivity index (χ3n) is 3.82. The molecule has 0 bridgehead atoms. The van der Waals surface area contributed by atoms with E-state index >= 15 is 0 Å². The summed E-state index contributed by atoms with van der Waals surface area (Å²) in [7, 11) is -4.78. The molecular formula is C18H36O9S. The zero-order chi connectivity index (χ0) is 21.8. The summed E-state index contributed by atoms with van der Waals surface area (Å²) in [6.45, 7) is 1.97. The molecule has 0 aliphatic heterocycles. The number of aliphatic hydroxyl groups excluding tert-OH is 2.